The fourth-order valence-electron chi connectivity index (χ4n) is 2.00. The summed E-state index contributed by atoms with van der Waals surface area (Å²) in [5.74, 6) is 1.31. The molecule has 1 nitrogen and oxygen atoms in total. The molecular weight excluding hydrogens is 202 g/mol. The van der Waals surface area contributed by atoms with Crippen molar-refractivity contribution in [3.8, 4) is 6.07 Å². The number of aryl methyl sites for hydroxylation is 1. The lowest BCUT2D eigenvalue weighted by Gasteiger charge is -2.17. The van der Waals surface area contributed by atoms with Crippen molar-refractivity contribution in [3.05, 3.63) is 29.3 Å². The van der Waals surface area contributed by atoms with E-state index in [2.05, 4.69) is 31.2 Å². The van der Waals surface area contributed by atoms with Gasteiger partial charge in [0.15, 0.2) is 0 Å². The van der Waals surface area contributed by atoms with E-state index in [1.54, 1.807) is 0 Å². The van der Waals surface area contributed by atoms with Crippen LogP contribution in [0.25, 0.3) is 0 Å². The molecule has 1 aliphatic rings. The monoisotopic (exact) mass is 217 g/mol. The van der Waals surface area contributed by atoms with E-state index < -0.39 is 0 Å². The Morgan fingerprint density at radius 3 is 3.13 bits per heavy atom. The Hall–Kier alpha value is -0.940. The third-order valence-electron chi connectivity index (χ3n) is 2.90. The summed E-state index contributed by atoms with van der Waals surface area (Å²) < 4.78 is 0. The van der Waals surface area contributed by atoms with Crippen LogP contribution in [0.2, 0.25) is 0 Å². The summed E-state index contributed by atoms with van der Waals surface area (Å²) in [5.41, 5.74) is 2.64. The number of rotatable bonds is 2. The van der Waals surface area contributed by atoms with Gasteiger partial charge in [-0.25, -0.2) is 0 Å². The first kappa shape index (κ1) is 10.6. The van der Waals surface area contributed by atoms with Gasteiger partial charge in [0.2, 0.25) is 0 Å². The smallest absolute Gasteiger partial charge is 0.0710 e. The Morgan fingerprint density at radius 2 is 2.40 bits per heavy atom. The average Bonchev–Trinajstić information content (AvgIpc) is 2.30. The predicted octanol–water partition coefficient (Wildman–Crippen LogP) is 3.74. The molecule has 1 aromatic carbocycles. The van der Waals surface area contributed by atoms with Crippen molar-refractivity contribution in [3.63, 3.8) is 0 Å². The lowest BCUT2D eigenvalue weighted by atomic mass is 9.95. The second-order valence-electron chi connectivity index (χ2n) is 3.91. The molecule has 0 fully saturated rings. The Bertz CT molecular complexity index is 392. The predicted molar refractivity (Wildman–Crippen MR) is 64.1 cm³/mol. The summed E-state index contributed by atoms with van der Waals surface area (Å²) in [7, 11) is 0. The van der Waals surface area contributed by atoms with Crippen molar-refractivity contribution in [1.29, 1.82) is 5.26 Å². The van der Waals surface area contributed by atoms with Crippen molar-refractivity contribution in [2.45, 2.75) is 37.0 Å². The lowest BCUT2D eigenvalue weighted by Crippen LogP contribution is -2.01. The Balaban J connectivity index is 2.32. The van der Waals surface area contributed by atoms with E-state index in [9.17, 15) is 0 Å². The van der Waals surface area contributed by atoms with Crippen LogP contribution >= 0.6 is 11.8 Å². The molecule has 0 radical (unpaired) electrons. The summed E-state index contributed by atoms with van der Waals surface area (Å²) in [4.78, 5) is 1.41. The number of benzene rings is 1. The normalized spacial score (nSPS) is 16.5. The zero-order valence-electron chi connectivity index (χ0n) is 8.99. The second-order valence-corrected chi connectivity index (χ2v) is 5.05. The molecule has 15 heavy (non-hydrogen) atoms. The van der Waals surface area contributed by atoms with Crippen molar-refractivity contribution >= 4 is 11.8 Å². The van der Waals surface area contributed by atoms with Crippen molar-refractivity contribution in [2.75, 3.05) is 5.75 Å². The average molecular weight is 217 g/mol. The van der Waals surface area contributed by atoms with Gasteiger partial charge < -0.3 is 0 Å². The number of nitriles is 1. The molecule has 2 heteroatoms. The van der Waals surface area contributed by atoms with E-state index >= 15 is 0 Å². The maximum atomic E-state index is 9.03. The highest BCUT2D eigenvalue weighted by molar-refractivity contribution is 7.99. The zero-order valence-corrected chi connectivity index (χ0v) is 9.81. The highest BCUT2D eigenvalue weighted by Gasteiger charge is 2.13. The molecular formula is C13H15NS. The molecule has 1 atom stereocenters. The highest BCUT2D eigenvalue weighted by atomic mass is 32.2. The van der Waals surface area contributed by atoms with Gasteiger partial charge in [-0.2, -0.15) is 5.26 Å². The summed E-state index contributed by atoms with van der Waals surface area (Å²) >= 11 is 1.94. The van der Waals surface area contributed by atoms with Crippen LogP contribution in [0.15, 0.2) is 23.1 Å². The summed E-state index contributed by atoms with van der Waals surface area (Å²) in [6.45, 7) is 2.07. The van der Waals surface area contributed by atoms with E-state index in [1.165, 1.54) is 34.6 Å². The minimum atomic E-state index is 0.0715. The summed E-state index contributed by atoms with van der Waals surface area (Å²) in [6, 6.07) is 8.91. The van der Waals surface area contributed by atoms with Gasteiger partial charge >= 0.3 is 0 Å². The van der Waals surface area contributed by atoms with Gasteiger partial charge in [0.25, 0.3) is 0 Å². The third kappa shape index (κ3) is 2.18. The van der Waals surface area contributed by atoms with E-state index in [0.29, 0.717) is 0 Å². The number of fused-ring (bicyclic) bond motifs is 1. The molecule has 1 aliphatic heterocycles. The maximum absolute atomic E-state index is 9.03. The van der Waals surface area contributed by atoms with E-state index in [1.807, 2.05) is 11.8 Å². The Morgan fingerprint density at radius 1 is 1.53 bits per heavy atom. The standard InChI is InChI=1S/C13H15NS/c1-2-10(9-14)11-5-6-13-12(8-11)4-3-7-15-13/h5-6,8,10H,2-4,7H2,1H3. The minimum Gasteiger partial charge on any atom is -0.198 e. The van der Waals surface area contributed by atoms with Crippen LogP contribution < -0.4 is 0 Å². The quantitative estimate of drug-likeness (QED) is 0.753. The van der Waals surface area contributed by atoms with Crippen LogP contribution in [-0.2, 0) is 6.42 Å². The first-order valence-corrected chi connectivity index (χ1v) is 6.49. The molecule has 0 N–H and O–H groups in total. The highest BCUT2D eigenvalue weighted by Crippen LogP contribution is 2.32. The second kappa shape index (κ2) is 4.72. The molecule has 0 amide bonds. The number of hydrogen-bond acceptors (Lipinski definition) is 2. The molecule has 1 unspecified atom stereocenters. The fourth-order valence-corrected chi connectivity index (χ4v) is 3.02. The van der Waals surface area contributed by atoms with E-state index in [4.69, 9.17) is 5.26 Å². The first-order chi connectivity index (χ1) is 7.35. The van der Waals surface area contributed by atoms with Crippen LogP contribution in [0.4, 0.5) is 0 Å². The third-order valence-corrected chi connectivity index (χ3v) is 4.10. The van der Waals surface area contributed by atoms with Crippen LogP contribution in [0.5, 0.6) is 0 Å². The summed E-state index contributed by atoms with van der Waals surface area (Å²) in [5, 5.41) is 9.03. The van der Waals surface area contributed by atoms with Gasteiger partial charge in [0, 0.05) is 4.90 Å². The molecule has 78 valence electrons. The first-order valence-electron chi connectivity index (χ1n) is 5.50. The molecule has 0 spiro atoms. The molecule has 0 saturated heterocycles. The molecule has 0 aliphatic carbocycles. The van der Waals surface area contributed by atoms with E-state index in [-0.39, 0.29) is 5.92 Å². The fraction of sp³-hybridized carbons (Fsp3) is 0.462. The van der Waals surface area contributed by atoms with Gasteiger partial charge in [-0.3, -0.25) is 0 Å². The van der Waals surface area contributed by atoms with Gasteiger partial charge in [-0.05, 0) is 42.2 Å². The van der Waals surface area contributed by atoms with Gasteiger partial charge in [0.1, 0.15) is 0 Å². The number of nitrogens with zero attached hydrogens (tertiary/aromatic N) is 1. The minimum absolute atomic E-state index is 0.0715. The van der Waals surface area contributed by atoms with Crippen molar-refractivity contribution in [1.82, 2.24) is 0 Å². The zero-order chi connectivity index (χ0) is 10.7. The van der Waals surface area contributed by atoms with Gasteiger partial charge in [-0.1, -0.05) is 19.1 Å². The van der Waals surface area contributed by atoms with Gasteiger partial charge in [0.05, 0.1) is 12.0 Å². The Labute approximate surface area is 95.5 Å². The van der Waals surface area contributed by atoms with Crippen LogP contribution in [0, 0.1) is 11.3 Å². The van der Waals surface area contributed by atoms with Crippen LogP contribution in [0.3, 0.4) is 0 Å². The maximum Gasteiger partial charge on any atom is 0.0710 e. The van der Waals surface area contributed by atoms with E-state index in [0.717, 1.165) is 6.42 Å². The van der Waals surface area contributed by atoms with Gasteiger partial charge in [-0.15, -0.1) is 11.8 Å². The Kier molecular flexibility index (Phi) is 3.33. The molecule has 0 saturated carbocycles. The van der Waals surface area contributed by atoms with Crippen LogP contribution in [-0.4, -0.2) is 5.75 Å². The molecule has 2 rings (SSSR count). The summed E-state index contributed by atoms with van der Waals surface area (Å²) in [6.07, 6.45) is 3.35. The number of thioether (sulfide) groups is 1. The SMILES string of the molecule is CCC(C#N)c1ccc2c(c1)CCCS2. The topological polar surface area (TPSA) is 23.8 Å². The molecule has 1 heterocycles. The largest absolute Gasteiger partial charge is 0.198 e. The molecule has 0 bridgehead atoms. The lowest BCUT2D eigenvalue weighted by molar-refractivity contribution is 0.807. The van der Waals surface area contributed by atoms with Crippen LogP contribution in [0.1, 0.15) is 36.8 Å². The van der Waals surface area contributed by atoms with Crippen molar-refractivity contribution in [2.24, 2.45) is 0 Å². The van der Waals surface area contributed by atoms with Crippen molar-refractivity contribution < 1.29 is 0 Å². The number of hydrogen-bond donors (Lipinski definition) is 0. The molecule has 0 aromatic heterocycles. The molecule has 1 aromatic rings.